The molecule has 0 bridgehead atoms. The number of carbonyl (C=O) groups is 2. The lowest BCUT2D eigenvalue weighted by atomic mass is 9.88. The number of pyridine rings is 1. The monoisotopic (exact) mass is 556 g/mol. The number of nitrogens with zero attached hydrogens (tertiary/aromatic N) is 1. The minimum Gasteiger partial charge on any atom is -0.481 e. The van der Waals surface area contributed by atoms with Crippen molar-refractivity contribution in [1.82, 2.24) is 4.98 Å². The molecule has 0 aliphatic heterocycles. The summed E-state index contributed by atoms with van der Waals surface area (Å²) in [7, 11) is 0. The normalized spacial score (nSPS) is 11.6. The number of aliphatic carboxylic acids is 1. The maximum atomic E-state index is 12.3. The molecule has 0 spiro atoms. The molecular weight excluding hydrogens is 512 g/mol. The Morgan fingerprint density at radius 1 is 0.927 bits per heavy atom. The van der Waals surface area contributed by atoms with Gasteiger partial charge in [0.05, 0.1) is 23.4 Å². The van der Waals surface area contributed by atoms with E-state index in [9.17, 15) is 14.7 Å². The SMILES string of the molecule is CCCCc1ccc(CCCCOCc2cccc(C=Cc3cccc(NC(=O)CCC(C)(C)C(=O)O)c3)n2)cc1. The largest absolute Gasteiger partial charge is 0.481 e. The molecule has 2 aromatic carbocycles. The Balaban J connectivity index is 1.40. The lowest BCUT2D eigenvalue weighted by Crippen LogP contribution is -2.25. The predicted octanol–water partition coefficient (Wildman–Crippen LogP) is 7.96. The molecule has 0 saturated heterocycles. The zero-order valence-electron chi connectivity index (χ0n) is 24.7. The topological polar surface area (TPSA) is 88.5 Å². The molecule has 218 valence electrons. The Morgan fingerprint density at radius 3 is 2.34 bits per heavy atom. The highest BCUT2D eigenvalue weighted by Gasteiger charge is 2.27. The van der Waals surface area contributed by atoms with E-state index in [0.717, 1.165) is 36.2 Å². The van der Waals surface area contributed by atoms with Gasteiger partial charge in [0, 0.05) is 18.7 Å². The molecule has 0 saturated carbocycles. The lowest BCUT2D eigenvalue weighted by Gasteiger charge is -2.18. The molecule has 0 radical (unpaired) electrons. The summed E-state index contributed by atoms with van der Waals surface area (Å²) in [6, 6.07) is 22.5. The zero-order chi connectivity index (χ0) is 29.5. The smallest absolute Gasteiger partial charge is 0.309 e. The van der Waals surface area contributed by atoms with Crippen LogP contribution in [0.3, 0.4) is 0 Å². The number of anilines is 1. The van der Waals surface area contributed by atoms with Gasteiger partial charge in [-0.3, -0.25) is 14.6 Å². The molecule has 3 rings (SSSR count). The van der Waals surface area contributed by atoms with Crippen LogP contribution in [0, 0.1) is 5.41 Å². The van der Waals surface area contributed by atoms with Gasteiger partial charge in [0.15, 0.2) is 0 Å². The number of unbranched alkanes of at least 4 members (excludes halogenated alkanes) is 2. The first-order valence-corrected chi connectivity index (χ1v) is 14.7. The molecule has 0 unspecified atom stereocenters. The number of aryl methyl sites for hydroxylation is 2. The highest BCUT2D eigenvalue weighted by molar-refractivity contribution is 5.91. The van der Waals surface area contributed by atoms with E-state index in [1.54, 1.807) is 13.8 Å². The molecule has 1 heterocycles. The molecule has 6 nitrogen and oxygen atoms in total. The number of carboxylic acids is 1. The van der Waals surface area contributed by atoms with E-state index in [2.05, 4.69) is 41.5 Å². The van der Waals surface area contributed by atoms with Crippen LogP contribution in [0.25, 0.3) is 12.2 Å². The van der Waals surface area contributed by atoms with Crippen molar-refractivity contribution in [3.8, 4) is 0 Å². The molecule has 0 atom stereocenters. The van der Waals surface area contributed by atoms with E-state index >= 15 is 0 Å². The lowest BCUT2D eigenvalue weighted by molar-refractivity contribution is -0.147. The Morgan fingerprint density at radius 2 is 1.63 bits per heavy atom. The second-order valence-corrected chi connectivity index (χ2v) is 11.2. The second kappa shape index (κ2) is 16.5. The van der Waals surface area contributed by atoms with Crippen molar-refractivity contribution in [3.63, 3.8) is 0 Å². The number of hydrogen-bond donors (Lipinski definition) is 2. The minimum absolute atomic E-state index is 0.144. The average Bonchev–Trinajstić information content (AvgIpc) is 2.97. The second-order valence-electron chi connectivity index (χ2n) is 11.2. The average molecular weight is 557 g/mol. The van der Waals surface area contributed by atoms with Gasteiger partial charge in [0.25, 0.3) is 0 Å². The zero-order valence-corrected chi connectivity index (χ0v) is 24.7. The Labute approximate surface area is 244 Å². The Hall–Kier alpha value is -3.77. The molecule has 2 N–H and O–H groups in total. The number of rotatable bonds is 17. The van der Waals surface area contributed by atoms with Gasteiger partial charge in [-0.15, -0.1) is 0 Å². The molecule has 41 heavy (non-hydrogen) atoms. The third kappa shape index (κ3) is 11.7. The van der Waals surface area contributed by atoms with Gasteiger partial charge in [0.1, 0.15) is 0 Å². The van der Waals surface area contributed by atoms with E-state index < -0.39 is 11.4 Å². The summed E-state index contributed by atoms with van der Waals surface area (Å²) in [5.41, 5.74) is 5.20. The number of hydrogen-bond acceptors (Lipinski definition) is 4. The molecule has 0 fully saturated rings. The van der Waals surface area contributed by atoms with Crippen molar-refractivity contribution in [2.45, 2.75) is 78.7 Å². The summed E-state index contributed by atoms with van der Waals surface area (Å²) < 4.78 is 5.89. The maximum absolute atomic E-state index is 12.3. The number of ether oxygens (including phenoxy) is 1. The summed E-state index contributed by atoms with van der Waals surface area (Å²) in [5, 5.41) is 12.1. The van der Waals surface area contributed by atoms with Gasteiger partial charge < -0.3 is 15.2 Å². The van der Waals surface area contributed by atoms with Crippen LogP contribution in [0.2, 0.25) is 0 Å². The van der Waals surface area contributed by atoms with Crippen LogP contribution >= 0.6 is 0 Å². The number of nitrogens with one attached hydrogen (secondary N) is 1. The molecule has 0 aliphatic carbocycles. The molecule has 1 aromatic heterocycles. The maximum Gasteiger partial charge on any atom is 0.309 e. The Kier molecular flexibility index (Phi) is 12.8. The van der Waals surface area contributed by atoms with Gasteiger partial charge in [-0.2, -0.15) is 0 Å². The minimum atomic E-state index is -0.935. The van der Waals surface area contributed by atoms with Crippen LogP contribution in [-0.4, -0.2) is 28.6 Å². The Bertz CT molecular complexity index is 1280. The van der Waals surface area contributed by atoms with Crippen LogP contribution in [0.15, 0.2) is 66.7 Å². The van der Waals surface area contributed by atoms with Crippen molar-refractivity contribution >= 4 is 29.7 Å². The number of carbonyl (C=O) groups excluding carboxylic acids is 1. The first kappa shape index (κ1) is 31.8. The predicted molar refractivity (Wildman–Crippen MR) is 167 cm³/mol. The molecular formula is C35H44N2O4. The first-order chi connectivity index (χ1) is 19.7. The summed E-state index contributed by atoms with van der Waals surface area (Å²) in [5.74, 6) is -1.11. The van der Waals surface area contributed by atoms with E-state index in [4.69, 9.17) is 4.74 Å². The highest BCUT2D eigenvalue weighted by atomic mass is 16.5. The number of amides is 1. The van der Waals surface area contributed by atoms with Gasteiger partial charge in [-0.25, -0.2) is 0 Å². The molecule has 6 heteroatoms. The number of aromatic nitrogens is 1. The molecule has 1 amide bonds. The van der Waals surface area contributed by atoms with E-state index in [-0.39, 0.29) is 18.7 Å². The van der Waals surface area contributed by atoms with Gasteiger partial charge >= 0.3 is 5.97 Å². The van der Waals surface area contributed by atoms with E-state index in [1.807, 2.05) is 54.6 Å². The summed E-state index contributed by atoms with van der Waals surface area (Å²) in [4.78, 5) is 28.3. The van der Waals surface area contributed by atoms with Crippen LogP contribution in [0.4, 0.5) is 5.69 Å². The fourth-order valence-corrected chi connectivity index (χ4v) is 4.29. The highest BCUT2D eigenvalue weighted by Crippen LogP contribution is 2.23. The first-order valence-electron chi connectivity index (χ1n) is 14.7. The van der Waals surface area contributed by atoms with Gasteiger partial charge in [-0.05, 0) is 99.4 Å². The van der Waals surface area contributed by atoms with E-state index in [0.29, 0.717) is 18.9 Å². The van der Waals surface area contributed by atoms with Crippen molar-refractivity contribution < 1.29 is 19.4 Å². The van der Waals surface area contributed by atoms with Gasteiger partial charge in [0.2, 0.25) is 5.91 Å². The molecule has 3 aromatic rings. The molecule has 0 aliphatic rings. The standard InChI is InChI=1S/C35H44N2O4/c1-4-5-10-27-16-18-28(19-17-27)11-6-7-24-41-26-32-15-9-13-30(36-32)21-20-29-12-8-14-31(25-29)37-33(38)22-23-35(2,3)34(39)40/h8-9,12-21,25H,4-7,10-11,22-24,26H2,1-3H3,(H,37,38)(H,39,40). The van der Waals surface area contributed by atoms with Crippen LogP contribution in [0.1, 0.15) is 87.4 Å². The quantitative estimate of drug-likeness (QED) is 0.165. The van der Waals surface area contributed by atoms with Crippen LogP contribution < -0.4 is 5.32 Å². The van der Waals surface area contributed by atoms with Crippen LogP contribution in [0.5, 0.6) is 0 Å². The van der Waals surface area contributed by atoms with Gasteiger partial charge in [-0.1, -0.05) is 61.9 Å². The van der Waals surface area contributed by atoms with E-state index in [1.165, 1.54) is 30.4 Å². The fourth-order valence-electron chi connectivity index (χ4n) is 4.29. The van der Waals surface area contributed by atoms with Crippen molar-refractivity contribution in [2.24, 2.45) is 5.41 Å². The van der Waals surface area contributed by atoms with Crippen LogP contribution in [-0.2, 0) is 33.8 Å². The fraction of sp³-hybridized carbons (Fsp3) is 0.400. The number of carboxylic acid groups (broad SMARTS) is 1. The summed E-state index contributed by atoms with van der Waals surface area (Å²) >= 11 is 0. The summed E-state index contributed by atoms with van der Waals surface area (Å²) in [6.45, 7) is 6.67. The third-order valence-corrected chi connectivity index (χ3v) is 7.10. The number of benzene rings is 2. The summed E-state index contributed by atoms with van der Waals surface area (Å²) in [6.07, 6.45) is 11.1. The van der Waals surface area contributed by atoms with Crippen molar-refractivity contribution in [1.29, 1.82) is 0 Å². The third-order valence-electron chi connectivity index (χ3n) is 7.10. The van der Waals surface area contributed by atoms with Crippen molar-refractivity contribution in [3.05, 3.63) is 94.8 Å². The van der Waals surface area contributed by atoms with Crippen molar-refractivity contribution in [2.75, 3.05) is 11.9 Å².